The molecular formula is C13H20N2OS. The lowest BCUT2D eigenvalue weighted by atomic mass is 10.1. The maximum atomic E-state index is 12.4. The third kappa shape index (κ3) is 2.87. The number of thiophene rings is 1. The van der Waals surface area contributed by atoms with Crippen LogP contribution in [-0.4, -0.2) is 36.5 Å². The predicted octanol–water partition coefficient (Wildman–Crippen LogP) is 2.27. The van der Waals surface area contributed by atoms with Crippen molar-refractivity contribution in [2.45, 2.75) is 32.7 Å². The van der Waals surface area contributed by atoms with Gasteiger partial charge < -0.3 is 10.2 Å². The van der Waals surface area contributed by atoms with Crippen molar-refractivity contribution in [1.82, 2.24) is 10.2 Å². The van der Waals surface area contributed by atoms with Gasteiger partial charge in [0.2, 0.25) is 0 Å². The van der Waals surface area contributed by atoms with Crippen LogP contribution in [0, 0.1) is 6.92 Å². The van der Waals surface area contributed by atoms with Gasteiger partial charge in [-0.25, -0.2) is 0 Å². The first-order chi connectivity index (χ1) is 8.22. The summed E-state index contributed by atoms with van der Waals surface area (Å²) in [6, 6.07) is 0.484. The number of nitrogens with zero attached hydrogens (tertiary/aromatic N) is 1. The first-order valence-corrected chi connectivity index (χ1v) is 7.22. The molecule has 1 aliphatic heterocycles. The van der Waals surface area contributed by atoms with Crippen LogP contribution in [0.15, 0.2) is 10.8 Å². The molecule has 0 bridgehead atoms. The van der Waals surface area contributed by atoms with E-state index >= 15 is 0 Å². The van der Waals surface area contributed by atoms with Crippen molar-refractivity contribution in [2.24, 2.45) is 0 Å². The summed E-state index contributed by atoms with van der Waals surface area (Å²) >= 11 is 1.60. The number of carbonyl (C=O) groups excluding carboxylic acids is 1. The molecule has 4 heteroatoms. The summed E-state index contributed by atoms with van der Waals surface area (Å²) in [5, 5.41) is 7.44. The van der Waals surface area contributed by atoms with Crippen molar-refractivity contribution in [1.29, 1.82) is 0 Å². The molecule has 1 unspecified atom stereocenters. The Labute approximate surface area is 107 Å². The highest BCUT2D eigenvalue weighted by atomic mass is 32.1. The van der Waals surface area contributed by atoms with E-state index in [0.717, 1.165) is 30.8 Å². The van der Waals surface area contributed by atoms with Gasteiger partial charge in [0.25, 0.3) is 5.91 Å². The lowest BCUT2D eigenvalue weighted by Crippen LogP contribution is -2.41. The largest absolute Gasteiger partial charge is 0.337 e. The lowest BCUT2D eigenvalue weighted by molar-refractivity contribution is 0.0751. The molecule has 17 heavy (non-hydrogen) atoms. The van der Waals surface area contributed by atoms with Crippen molar-refractivity contribution in [3.05, 3.63) is 21.9 Å². The quantitative estimate of drug-likeness (QED) is 0.891. The van der Waals surface area contributed by atoms with Crippen LogP contribution < -0.4 is 5.32 Å². The zero-order chi connectivity index (χ0) is 12.3. The zero-order valence-corrected chi connectivity index (χ0v) is 11.3. The summed E-state index contributed by atoms with van der Waals surface area (Å²) in [6.07, 6.45) is 2.42. The molecular weight excluding hydrogens is 232 g/mol. The number of carbonyl (C=O) groups is 1. The number of amides is 1. The molecule has 2 heterocycles. The number of hydrogen-bond donors (Lipinski definition) is 1. The Morgan fingerprint density at radius 1 is 1.59 bits per heavy atom. The number of aryl methyl sites for hydroxylation is 1. The minimum absolute atomic E-state index is 0.181. The van der Waals surface area contributed by atoms with E-state index in [-0.39, 0.29) is 5.91 Å². The molecule has 1 saturated heterocycles. The summed E-state index contributed by atoms with van der Waals surface area (Å²) in [6.45, 7) is 6.77. The molecule has 1 atom stereocenters. The van der Waals surface area contributed by atoms with Crippen LogP contribution in [0.4, 0.5) is 0 Å². The van der Waals surface area contributed by atoms with Gasteiger partial charge in [0.05, 0.1) is 5.56 Å². The molecule has 2 rings (SSSR count). The standard InChI is InChI=1S/C13H20N2OS/c1-3-15(7-11-5-4-6-14-11)13(16)12-9-17-8-10(12)2/h8-9,11,14H,3-7H2,1-2H3. The molecule has 0 aromatic carbocycles. The second-order valence-electron chi connectivity index (χ2n) is 4.61. The van der Waals surface area contributed by atoms with E-state index < -0.39 is 0 Å². The second-order valence-corrected chi connectivity index (χ2v) is 5.35. The molecule has 1 aromatic heterocycles. The van der Waals surface area contributed by atoms with Crippen LogP contribution >= 0.6 is 11.3 Å². The zero-order valence-electron chi connectivity index (χ0n) is 10.5. The molecule has 0 spiro atoms. The molecule has 3 nitrogen and oxygen atoms in total. The highest BCUT2D eigenvalue weighted by molar-refractivity contribution is 7.08. The van der Waals surface area contributed by atoms with Crippen LogP contribution in [-0.2, 0) is 0 Å². The van der Waals surface area contributed by atoms with Gasteiger partial charge in [-0.15, -0.1) is 0 Å². The van der Waals surface area contributed by atoms with Crippen molar-refractivity contribution in [3.8, 4) is 0 Å². The summed E-state index contributed by atoms with van der Waals surface area (Å²) in [5.41, 5.74) is 1.97. The lowest BCUT2D eigenvalue weighted by Gasteiger charge is -2.24. The Hall–Kier alpha value is -0.870. The van der Waals surface area contributed by atoms with E-state index in [1.807, 2.05) is 22.6 Å². The number of likely N-dealkylation sites (N-methyl/N-ethyl adjacent to an activating group) is 1. The van der Waals surface area contributed by atoms with Crippen LogP contribution in [0.25, 0.3) is 0 Å². The Kier molecular flexibility index (Phi) is 4.18. The SMILES string of the molecule is CCN(CC1CCCN1)C(=O)c1cscc1C. The van der Waals surface area contributed by atoms with E-state index in [1.54, 1.807) is 11.3 Å². The molecule has 1 aromatic rings. The molecule has 0 saturated carbocycles. The Morgan fingerprint density at radius 2 is 2.41 bits per heavy atom. The second kappa shape index (κ2) is 5.65. The molecule has 1 aliphatic rings. The number of hydrogen-bond acceptors (Lipinski definition) is 3. The Balaban J connectivity index is 2.02. The monoisotopic (exact) mass is 252 g/mol. The van der Waals surface area contributed by atoms with Crippen molar-refractivity contribution in [3.63, 3.8) is 0 Å². The fourth-order valence-corrected chi connectivity index (χ4v) is 3.11. The summed E-state index contributed by atoms with van der Waals surface area (Å²) in [4.78, 5) is 14.3. The van der Waals surface area contributed by atoms with Crippen molar-refractivity contribution >= 4 is 17.2 Å². The fourth-order valence-electron chi connectivity index (χ4n) is 2.28. The third-order valence-electron chi connectivity index (χ3n) is 3.36. The third-order valence-corrected chi connectivity index (χ3v) is 4.22. The van der Waals surface area contributed by atoms with E-state index in [0.29, 0.717) is 6.04 Å². The van der Waals surface area contributed by atoms with Crippen molar-refractivity contribution in [2.75, 3.05) is 19.6 Å². The van der Waals surface area contributed by atoms with Gasteiger partial charge in [-0.05, 0) is 44.2 Å². The van der Waals surface area contributed by atoms with Gasteiger partial charge >= 0.3 is 0 Å². The summed E-state index contributed by atoms with van der Waals surface area (Å²) in [7, 11) is 0. The van der Waals surface area contributed by atoms with Crippen LogP contribution in [0.5, 0.6) is 0 Å². The Bertz CT molecular complexity index is 383. The van der Waals surface area contributed by atoms with Crippen LogP contribution in [0.3, 0.4) is 0 Å². The van der Waals surface area contributed by atoms with E-state index in [1.165, 1.54) is 12.8 Å². The van der Waals surface area contributed by atoms with E-state index in [2.05, 4.69) is 12.2 Å². The van der Waals surface area contributed by atoms with Crippen LogP contribution in [0.1, 0.15) is 35.7 Å². The van der Waals surface area contributed by atoms with Crippen LogP contribution in [0.2, 0.25) is 0 Å². The average Bonchev–Trinajstić information content (AvgIpc) is 2.96. The summed E-state index contributed by atoms with van der Waals surface area (Å²) in [5.74, 6) is 0.181. The first-order valence-electron chi connectivity index (χ1n) is 6.27. The fraction of sp³-hybridized carbons (Fsp3) is 0.615. The number of rotatable bonds is 4. The average molecular weight is 252 g/mol. The van der Waals surface area contributed by atoms with E-state index in [9.17, 15) is 4.79 Å². The molecule has 0 aliphatic carbocycles. The normalized spacial score (nSPS) is 19.5. The van der Waals surface area contributed by atoms with Gasteiger partial charge in [0.15, 0.2) is 0 Å². The number of nitrogens with one attached hydrogen (secondary N) is 1. The highest BCUT2D eigenvalue weighted by Crippen LogP contribution is 2.17. The summed E-state index contributed by atoms with van der Waals surface area (Å²) < 4.78 is 0. The van der Waals surface area contributed by atoms with Gasteiger partial charge in [-0.1, -0.05) is 0 Å². The molecule has 1 amide bonds. The molecule has 1 fully saturated rings. The van der Waals surface area contributed by atoms with Gasteiger partial charge in [0.1, 0.15) is 0 Å². The van der Waals surface area contributed by atoms with E-state index in [4.69, 9.17) is 0 Å². The first kappa shape index (κ1) is 12.6. The Morgan fingerprint density at radius 3 is 2.94 bits per heavy atom. The topological polar surface area (TPSA) is 32.3 Å². The molecule has 0 radical (unpaired) electrons. The minimum Gasteiger partial charge on any atom is -0.337 e. The predicted molar refractivity (Wildman–Crippen MR) is 71.7 cm³/mol. The maximum absolute atomic E-state index is 12.4. The van der Waals surface area contributed by atoms with Gasteiger partial charge in [-0.3, -0.25) is 4.79 Å². The van der Waals surface area contributed by atoms with Gasteiger partial charge in [-0.2, -0.15) is 11.3 Å². The van der Waals surface area contributed by atoms with Gasteiger partial charge in [0, 0.05) is 24.5 Å². The smallest absolute Gasteiger partial charge is 0.255 e. The van der Waals surface area contributed by atoms with Crippen molar-refractivity contribution < 1.29 is 4.79 Å². The minimum atomic E-state index is 0.181. The molecule has 94 valence electrons. The molecule has 1 N–H and O–H groups in total. The maximum Gasteiger partial charge on any atom is 0.255 e. The highest BCUT2D eigenvalue weighted by Gasteiger charge is 2.22.